The van der Waals surface area contributed by atoms with Crippen molar-refractivity contribution in [3.8, 4) is 0 Å². The maximum absolute atomic E-state index is 13.2. The zero-order chi connectivity index (χ0) is 13.3. The van der Waals surface area contributed by atoms with Crippen molar-refractivity contribution in [2.45, 2.75) is 50.5 Å². The molecule has 2 rings (SSSR count). The van der Waals surface area contributed by atoms with Gasteiger partial charge in [0.25, 0.3) is 0 Å². The molecule has 1 heterocycles. The van der Waals surface area contributed by atoms with Crippen molar-refractivity contribution in [2.24, 2.45) is 0 Å². The SMILES string of the molecule is CC(CC(=O)O)n1nnnc1C1CCC(F)(F)C1. The van der Waals surface area contributed by atoms with Crippen LogP contribution >= 0.6 is 0 Å². The topological polar surface area (TPSA) is 80.9 Å². The quantitative estimate of drug-likeness (QED) is 0.889. The number of alkyl halides is 2. The van der Waals surface area contributed by atoms with Crippen LogP contribution in [0.2, 0.25) is 0 Å². The second kappa shape index (κ2) is 4.58. The summed E-state index contributed by atoms with van der Waals surface area (Å²) in [5.74, 6) is -3.68. The Morgan fingerprint density at radius 1 is 1.67 bits per heavy atom. The molecule has 0 bridgehead atoms. The van der Waals surface area contributed by atoms with E-state index in [1.165, 1.54) is 4.68 Å². The molecule has 0 radical (unpaired) electrons. The monoisotopic (exact) mass is 260 g/mol. The van der Waals surface area contributed by atoms with Crippen LogP contribution in [0.15, 0.2) is 0 Å². The number of carboxylic acids is 1. The third-order valence-corrected chi connectivity index (χ3v) is 3.17. The zero-order valence-electron chi connectivity index (χ0n) is 9.88. The van der Waals surface area contributed by atoms with Crippen LogP contribution in [0, 0.1) is 0 Å². The van der Waals surface area contributed by atoms with Gasteiger partial charge in [-0.1, -0.05) is 0 Å². The third kappa shape index (κ3) is 2.62. The molecule has 0 aliphatic heterocycles. The largest absolute Gasteiger partial charge is 0.481 e. The fourth-order valence-corrected chi connectivity index (χ4v) is 2.29. The van der Waals surface area contributed by atoms with E-state index in [4.69, 9.17) is 5.11 Å². The highest BCUT2D eigenvalue weighted by molar-refractivity contribution is 5.67. The predicted molar refractivity (Wildman–Crippen MR) is 56.3 cm³/mol. The van der Waals surface area contributed by atoms with Crippen molar-refractivity contribution in [1.29, 1.82) is 0 Å². The maximum Gasteiger partial charge on any atom is 0.305 e. The minimum atomic E-state index is -2.67. The van der Waals surface area contributed by atoms with Crippen molar-refractivity contribution in [3.05, 3.63) is 5.82 Å². The van der Waals surface area contributed by atoms with Gasteiger partial charge < -0.3 is 5.11 Å². The van der Waals surface area contributed by atoms with Crippen LogP contribution < -0.4 is 0 Å². The van der Waals surface area contributed by atoms with Crippen LogP contribution in [0.3, 0.4) is 0 Å². The molecule has 6 nitrogen and oxygen atoms in total. The fraction of sp³-hybridized carbons (Fsp3) is 0.800. The van der Waals surface area contributed by atoms with Gasteiger partial charge in [-0.3, -0.25) is 4.79 Å². The highest BCUT2D eigenvalue weighted by atomic mass is 19.3. The van der Waals surface area contributed by atoms with Gasteiger partial charge in [-0.15, -0.1) is 5.10 Å². The number of carbonyl (C=O) groups is 1. The Hall–Kier alpha value is -1.60. The first-order valence-electron chi connectivity index (χ1n) is 5.76. The highest BCUT2D eigenvalue weighted by Crippen LogP contribution is 2.43. The molecule has 1 fully saturated rings. The van der Waals surface area contributed by atoms with Crippen molar-refractivity contribution in [1.82, 2.24) is 20.2 Å². The third-order valence-electron chi connectivity index (χ3n) is 3.17. The first-order chi connectivity index (χ1) is 8.39. The summed E-state index contributed by atoms with van der Waals surface area (Å²) in [4.78, 5) is 10.6. The van der Waals surface area contributed by atoms with Gasteiger partial charge >= 0.3 is 5.97 Å². The van der Waals surface area contributed by atoms with Gasteiger partial charge in [0.15, 0.2) is 5.82 Å². The number of nitrogens with zero attached hydrogens (tertiary/aromatic N) is 4. The molecule has 1 saturated carbocycles. The molecule has 2 unspecified atom stereocenters. The maximum atomic E-state index is 13.2. The van der Waals surface area contributed by atoms with Crippen LogP contribution in [0.1, 0.15) is 50.4 Å². The summed E-state index contributed by atoms with van der Waals surface area (Å²) in [5, 5.41) is 19.7. The number of rotatable bonds is 4. The number of aliphatic carboxylic acids is 1. The molecule has 1 aromatic heterocycles. The van der Waals surface area contributed by atoms with Crippen LogP contribution in [0.4, 0.5) is 8.78 Å². The van der Waals surface area contributed by atoms with E-state index in [1.807, 2.05) is 0 Å². The van der Waals surface area contributed by atoms with E-state index in [0.29, 0.717) is 12.2 Å². The molecule has 18 heavy (non-hydrogen) atoms. The lowest BCUT2D eigenvalue weighted by atomic mass is 10.1. The molecule has 1 N–H and O–H groups in total. The van der Waals surface area contributed by atoms with E-state index in [1.54, 1.807) is 6.92 Å². The Morgan fingerprint density at radius 3 is 2.94 bits per heavy atom. The summed E-state index contributed by atoms with van der Waals surface area (Å²) >= 11 is 0. The van der Waals surface area contributed by atoms with Gasteiger partial charge in [-0.05, 0) is 23.8 Å². The van der Waals surface area contributed by atoms with Crippen molar-refractivity contribution < 1.29 is 18.7 Å². The van der Waals surface area contributed by atoms with Gasteiger partial charge in [0.2, 0.25) is 5.92 Å². The van der Waals surface area contributed by atoms with Gasteiger partial charge in [-0.2, -0.15) is 0 Å². The summed E-state index contributed by atoms with van der Waals surface area (Å²) in [7, 11) is 0. The number of carboxylic acid groups (broad SMARTS) is 1. The van der Waals surface area contributed by atoms with Crippen molar-refractivity contribution >= 4 is 5.97 Å². The molecule has 1 aliphatic carbocycles. The van der Waals surface area contributed by atoms with Crippen LogP contribution in [-0.2, 0) is 4.79 Å². The fourth-order valence-electron chi connectivity index (χ4n) is 2.29. The average molecular weight is 260 g/mol. The minimum Gasteiger partial charge on any atom is -0.481 e. The summed E-state index contributed by atoms with van der Waals surface area (Å²) in [5.41, 5.74) is 0. The number of tetrazole rings is 1. The summed E-state index contributed by atoms with van der Waals surface area (Å²) in [6.45, 7) is 1.65. The van der Waals surface area contributed by atoms with Crippen LogP contribution in [-0.4, -0.2) is 37.2 Å². The normalized spacial score (nSPS) is 24.1. The van der Waals surface area contributed by atoms with Crippen molar-refractivity contribution in [2.75, 3.05) is 0 Å². The molecule has 0 amide bonds. The molecule has 100 valence electrons. The number of hydrogen-bond acceptors (Lipinski definition) is 4. The molecule has 2 atom stereocenters. The van der Waals surface area contributed by atoms with E-state index in [0.717, 1.165) is 0 Å². The summed E-state index contributed by atoms with van der Waals surface area (Å²) in [6.07, 6.45) is -0.251. The standard InChI is InChI=1S/C10H14F2N4O2/c1-6(4-8(17)18)16-9(13-14-15-16)7-2-3-10(11,12)5-7/h6-7H,2-5H2,1H3,(H,17,18). The van der Waals surface area contributed by atoms with Crippen LogP contribution in [0.5, 0.6) is 0 Å². The van der Waals surface area contributed by atoms with Crippen LogP contribution in [0.25, 0.3) is 0 Å². The molecule has 0 spiro atoms. The Bertz CT molecular complexity index is 449. The van der Waals surface area contributed by atoms with Crippen molar-refractivity contribution in [3.63, 3.8) is 0 Å². The number of aromatic nitrogens is 4. The molecule has 0 aromatic carbocycles. The average Bonchev–Trinajstić information content (AvgIpc) is 2.82. The van der Waals surface area contributed by atoms with E-state index < -0.39 is 23.9 Å². The van der Waals surface area contributed by atoms with E-state index >= 15 is 0 Å². The first kappa shape index (κ1) is 12.8. The number of halogens is 2. The van der Waals surface area contributed by atoms with Gasteiger partial charge in [0.05, 0.1) is 12.5 Å². The predicted octanol–water partition coefficient (Wildman–Crippen LogP) is 1.61. The zero-order valence-corrected chi connectivity index (χ0v) is 9.88. The lowest BCUT2D eigenvalue weighted by molar-refractivity contribution is -0.137. The van der Waals surface area contributed by atoms with Gasteiger partial charge in [0, 0.05) is 18.8 Å². The second-order valence-electron chi connectivity index (χ2n) is 4.72. The van der Waals surface area contributed by atoms with E-state index in [9.17, 15) is 13.6 Å². The Kier molecular flexibility index (Phi) is 3.27. The highest BCUT2D eigenvalue weighted by Gasteiger charge is 2.42. The van der Waals surface area contributed by atoms with E-state index in [2.05, 4.69) is 15.5 Å². The molecular formula is C10H14F2N4O2. The lowest BCUT2D eigenvalue weighted by Crippen LogP contribution is -2.17. The first-order valence-corrected chi connectivity index (χ1v) is 5.76. The number of hydrogen-bond donors (Lipinski definition) is 1. The Labute approximate surface area is 102 Å². The molecule has 8 heteroatoms. The van der Waals surface area contributed by atoms with E-state index in [-0.39, 0.29) is 19.3 Å². The molecule has 1 aromatic rings. The smallest absolute Gasteiger partial charge is 0.305 e. The Balaban J connectivity index is 2.15. The molecule has 0 saturated heterocycles. The van der Waals surface area contributed by atoms with Gasteiger partial charge in [-0.25, -0.2) is 13.5 Å². The lowest BCUT2D eigenvalue weighted by Gasteiger charge is -2.14. The second-order valence-corrected chi connectivity index (χ2v) is 4.72. The Morgan fingerprint density at radius 2 is 2.39 bits per heavy atom. The summed E-state index contributed by atoms with van der Waals surface area (Å²) < 4.78 is 27.7. The summed E-state index contributed by atoms with van der Waals surface area (Å²) in [6, 6.07) is -0.443. The molecular weight excluding hydrogens is 246 g/mol. The van der Waals surface area contributed by atoms with Gasteiger partial charge in [0.1, 0.15) is 0 Å². The minimum absolute atomic E-state index is 0.138. The molecule has 1 aliphatic rings.